The van der Waals surface area contributed by atoms with Gasteiger partial charge < -0.3 is 5.11 Å². The van der Waals surface area contributed by atoms with Gasteiger partial charge in [-0.3, -0.25) is 0 Å². The van der Waals surface area contributed by atoms with Crippen LogP contribution in [0.4, 0.5) is 0 Å². The molecule has 17 heavy (non-hydrogen) atoms. The molecular formula is C15H21ClO. The molecule has 0 bridgehead atoms. The Bertz CT molecular complexity index is 367. The van der Waals surface area contributed by atoms with Gasteiger partial charge >= 0.3 is 0 Å². The van der Waals surface area contributed by atoms with Crippen molar-refractivity contribution in [3.05, 3.63) is 34.3 Å². The van der Waals surface area contributed by atoms with Gasteiger partial charge in [0.2, 0.25) is 0 Å². The number of hydrogen-bond acceptors (Lipinski definition) is 1. The molecule has 0 aromatic heterocycles. The van der Waals surface area contributed by atoms with Crippen LogP contribution in [-0.2, 0) is 6.42 Å². The van der Waals surface area contributed by atoms with Crippen LogP contribution >= 0.6 is 11.6 Å². The van der Waals surface area contributed by atoms with Crippen molar-refractivity contribution < 1.29 is 5.11 Å². The van der Waals surface area contributed by atoms with E-state index < -0.39 is 0 Å². The molecule has 0 unspecified atom stereocenters. The van der Waals surface area contributed by atoms with Crippen LogP contribution in [0.25, 0.3) is 0 Å². The molecule has 1 N–H and O–H groups in total. The lowest BCUT2D eigenvalue weighted by Crippen LogP contribution is -2.11. The topological polar surface area (TPSA) is 20.2 Å². The molecule has 0 heterocycles. The van der Waals surface area contributed by atoms with Crippen LogP contribution < -0.4 is 0 Å². The van der Waals surface area contributed by atoms with Gasteiger partial charge in [-0.1, -0.05) is 43.5 Å². The smallest absolute Gasteiger partial charge is 0.0471 e. The summed E-state index contributed by atoms with van der Waals surface area (Å²) in [6, 6.07) is 6.29. The summed E-state index contributed by atoms with van der Waals surface area (Å²) in [6.45, 7) is 2.53. The first kappa shape index (κ1) is 12.9. The Morgan fingerprint density at radius 2 is 1.94 bits per heavy atom. The summed E-state index contributed by atoms with van der Waals surface area (Å²) >= 11 is 6.35. The minimum absolute atomic E-state index is 0.191. The Hall–Kier alpha value is -0.530. The molecule has 1 aromatic rings. The third-order valence-electron chi connectivity index (χ3n) is 3.92. The summed E-state index contributed by atoms with van der Waals surface area (Å²) in [5, 5.41) is 9.80. The monoisotopic (exact) mass is 252 g/mol. The minimum Gasteiger partial charge on any atom is -0.396 e. The van der Waals surface area contributed by atoms with E-state index in [4.69, 9.17) is 16.7 Å². The fourth-order valence-corrected chi connectivity index (χ4v) is 3.11. The van der Waals surface area contributed by atoms with Crippen LogP contribution in [-0.4, -0.2) is 11.7 Å². The molecular weight excluding hydrogens is 232 g/mol. The van der Waals surface area contributed by atoms with Gasteiger partial charge in [-0.05, 0) is 48.3 Å². The van der Waals surface area contributed by atoms with Gasteiger partial charge in [0.1, 0.15) is 0 Å². The number of rotatable bonds is 3. The predicted molar refractivity (Wildman–Crippen MR) is 72.6 cm³/mol. The van der Waals surface area contributed by atoms with Gasteiger partial charge in [0.05, 0.1) is 0 Å². The summed E-state index contributed by atoms with van der Waals surface area (Å²) in [5.41, 5.74) is 2.44. The Morgan fingerprint density at radius 1 is 1.24 bits per heavy atom. The van der Waals surface area contributed by atoms with Crippen molar-refractivity contribution in [1.29, 1.82) is 0 Å². The van der Waals surface area contributed by atoms with Crippen molar-refractivity contribution in [1.82, 2.24) is 0 Å². The lowest BCUT2D eigenvalue weighted by molar-refractivity contribution is 0.299. The van der Waals surface area contributed by atoms with E-state index in [1.54, 1.807) is 0 Å². The van der Waals surface area contributed by atoms with Gasteiger partial charge in [-0.15, -0.1) is 0 Å². The third-order valence-corrected chi connectivity index (χ3v) is 4.25. The molecule has 0 radical (unpaired) electrons. The maximum Gasteiger partial charge on any atom is 0.0471 e. The van der Waals surface area contributed by atoms with Gasteiger partial charge in [-0.2, -0.15) is 0 Å². The number of aliphatic hydroxyl groups excluding tert-OH is 1. The second-order valence-electron chi connectivity index (χ2n) is 5.29. The lowest BCUT2D eigenvalue weighted by Gasteiger charge is -2.27. The first-order valence-electron chi connectivity index (χ1n) is 6.60. The largest absolute Gasteiger partial charge is 0.396 e. The fourth-order valence-electron chi connectivity index (χ4n) is 2.76. The molecule has 1 aliphatic carbocycles. The molecule has 1 fully saturated rings. The molecule has 0 spiro atoms. The first-order valence-corrected chi connectivity index (χ1v) is 6.97. The molecule has 0 amide bonds. The molecule has 0 aliphatic heterocycles. The molecule has 2 heteroatoms. The molecule has 0 atom stereocenters. The molecule has 94 valence electrons. The summed E-state index contributed by atoms with van der Waals surface area (Å²) in [6.07, 6.45) is 5.86. The van der Waals surface area contributed by atoms with Gasteiger partial charge in [0.25, 0.3) is 0 Å². The molecule has 1 aliphatic rings. The van der Waals surface area contributed by atoms with E-state index in [0.717, 1.165) is 16.5 Å². The minimum atomic E-state index is 0.191. The normalized spacial score (nSPS) is 24.9. The summed E-state index contributed by atoms with van der Waals surface area (Å²) in [4.78, 5) is 0. The van der Waals surface area contributed by atoms with Gasteiger partial charge in [-0.25, -0.2) is 0 Å². The molecule has 1 nitrogen and oxygen atoms in total. The van der Waals surface area contributed by atoms with E-state index in [9.17, 15) is 0 Å². The van der Waals surface area contributed by atoms with Crippen LogP contribution in [0.3, 0.4) is 0 Å². The number of halogens is 1. The number of benzene rings is 1. The average Bonchev–Trinajstić information content (AvgIpc) is 2.31. The van der Waals surface area contributed by atoms with Crippen LogP contribution in [0.5, 0.6) is 0 Å². The molecule has 1 aromatic carbocycles. The second-order valence-corrected chi connectivity index (χ2v) is 5.69. The summed E-state index contributed by atoms with van der Waals surface area (Å²) in [7, 11) is 0. The van der Waals surface area contributed by atoms with Crippen LogP contribution in [0.1, 0.15) is 49.7 Å². The Balaban J connectivity index is 2.10. The van der Waals surface area contributed by atoms with Crippen LogP contribution in [0.15, 0.2) is 18.2 Å². The Morgan fingerprint density at radius 3 is 2.53 bits per heavy atom. The second kappa shape index (κ2) is 5.88. The van der Waals surface area contributed by atoms with Crippen LogP contribution in [0, 0.1) is 5.92 Å². The predicted octanol–water partition coefficient (Wildman–Crippen LogP) is 4.17. The van der Waals surface area contributed by atoms with Crippen LogP contribution in [0.2, 0.25) is 5.02 Å². The molecule has 1 saturated carbocycles. The first-order chi connectivity index (χ1) is 8.20. The lowest BCUT2D eigenvalue weighted by atomic mass is 9.79. The Kier molecular flexibility index (Phi) is 4.47. The maximum atomic E-state index is 8.91. The summed E-state index contributed by atoms with van der Waals surface area (Å²) in [5.74, 6) is 1.51. The number of hydrogen-bond donors (Lipinski definition) is 1. The van der Waals surface area contributed by atoms with Gasteiger partial charge in [0, 0.05) is 11.6 Å². The highest BCUT2D eigenvalue weighted by atomic mass is 35.5. The van der Waals surface area contributed by atoms with E-state index >= 15 is 0 Å². The quantitative estimate of drug-likeness (QED) is 0.856. The van der Waals surface area contributed by atoms with Gasteiger partial charge in [0.15, 0.2) is 0 Å². The van der Waals surface area contributed by atoms with Crippen molar-refractivity contribution in [2.45, 2.75) is 44.9 Å². The van der Waals surface area contributed by atoms with E-state index in [2.05, 4.69) is 19.1 Å². The van der Waals surface area contributed by atoms with E-state index in [-0.39, 0.29) is 6.61 Å². The van der Waals surface area contributed by atoms with Crippen molar-refractivity contribution in [2.75, 3.05) is 6.61 Å². The molecule has 0 saturated heterocycles. The average molecular weight is 253 g/mol. The highest BCUT2D eigenvalue weighted by Crippen LogP contribution is 2.38. The summed E-state index contributed by atoms with van der Waals surface area (Å²) < 4.78 is 0. The van der Waals surface area contributed by atoms with Crippen molar-refractivity contribution in [2.24, 2.45) is 5.92 Å². The highest BCUT2D eigenvalue weighted by molar-refractivity contribution is 6.31. The van der Waals surface area contributed by atoms with E-state index in [1.807, 2.05) is 6.07 Å². The zero-order chi connectivity index (χ0) is 12.3. The van der Waals surface area contributed by atoms with Crippen molar-refractivity contribution in [3.8, 4) is 0 Å². The van der Waals surface area contributed by atoms with Crippen molar-refractivity contribution in [3.63, 3.8) is 0 Å². The molecule has 2 rings (SSSR count). The van der Waals surface area contributed by atoms with E-state index in [0.29, 0.717) is 12.3 Å². The maximum absolute atomic E-state index is 8.91. The Labute approximate surface area is 109 Å². The zero-order valence-electron chi connectivity index (χ0n) is 10.5. The van der Waals surface area contributed by atoms with Crippen molar-refractivity contribution >= 4 is 11.6 Å². The standard InChI is InChI=1S/C15H21ClO/c1-11-2-5-13(6-3-11)14-7-4-12(8-9-17)10-15(14)16/h4,7,10-11,13,17H,2-3,5-6,8-9H2,1H3. The fraction of sp³-hybridized carbons (Fsp3) is 0.600. The number of aliphatic hydroxyl groups is 1. The third kappa shape index (κ3) is 3.23. The van der Waals surface area contributed by atoms with E-state index in [1.165, 1.54) is 31.2 Å². The highest BCUT2D eigenvalue weighted by Gasteiger charge is 2.21. The SMILES string of the molecule is CC1CCC(c2ccc(CCO)cc2Cl)CC1. The zero-order valence-corrected chi connectivity index (χ0v) is 11.2.